The third kappa shape index (κ3) is 5.35. The molecule has 0 bridgehead atoms. The molecule has 0 fully saturated rings. The van der Waals surface area contributed by atoms with Gasteiger partial charge in [-0.1, -0.05) is 54.1 Å². The summed E-state index contributed by atoms with van der Waals surface area (Å²) in [6.07, 6.45) is 0.135. The number of carbonyl (C=O) groups is 2. The summed E-state index contributed by atoms with van der Waals surface area (Å²) in [7, 11) is 0. The Morgan fingerprint density at radius 1 is 0.838 bits per heavy atom. The zero-order chi connectivity index (χ0) is 26.9. The van der Waals surface area contributed by atoms with Crippen LogP contribution < -0.4 is 21.5 Å². The highest BCUT2D eigenvalue weighted by molar-refractivity contribution is 5.99. The highest BCUT2D eigenvalue weighted by atomic mass is 16.4. The van der Waals surface area contributed by atoms with Crippen LogP contribution in [0.3, 0.4) is 0 Å². The Balaban J connectivity index is 1.48. The number of benzene rings is 3. The van der Waals surface area contributed by atoms with Crippen LogP contribution in [0.15, 0.2) is 70.3 Å². The molecule has 0 radical (unpaired) electrons. The molecule has 3 N–H and O–H groups in total. The average molecular weight is 497 g/mol. The molecule has 0 saturated heterocycles. The van der Waals surface area contributed by atoms with Crippen LogP contribution in [0.1, 0.15) is 38.2 Å². The number of anilines is 2. The van der Waals surface area contributed by atoms with Gasteiger partial charge < -0.3 is 15.7 Å². The Labute approximate surface area is 214 Å². The zero-order valence-corrected chi connectivity index (χ0v) is 21.1. The van der Waals surface area contributed by atoms with Gasteiger partial charge in [-0.15, -0.1) is 0 Å². The van der Waals surface area contributed by atoms with Crippen molar-refractivity contribution in [1.29, 1.82) is 0 Å². The summed E-state index contributed by atoms with van der Waals surface area (Å²) >= 11 is 0. The van der Waals surface area contributed by atoms with E-state index in [2.05, 4.69) is 10.6 Å². The van der Waals surface area contributed by atoms with Crippen molar-refractivity contribution in [1.82, 2.24) is 5.32 Å². The number of aliphatic carboxylic acids is 1. The zero-order valence-electron chi connectivity index (χ0n) is 21.1. The summed E-state index contributed by atoms with van der Waals surface area (Å²) in [5, 5.41) is 15.4. The Bertz CT molecular complexity index is 1550. The van der Waals surface area contributed by atoms with Crippen molar-refractivity contribution in [3.8, 4) is 11.1 Å². The van der Waals surface area contributed by atoms with E-state index in [1.807, 2.05) is 81.4 Å². The molecule has 0 aliphatic rings. The maximum absolute atomic E-state index is 12.9. The summed E-state index contributed by atoms with van der Waals surface area (Å²) in [5.74, 6) is -1.51. The molecule has 1 unspecified atom stereocenters. The minimum Gasteiger partial charge on any atom is -0.480 e. The lowest BCUT2D eigenvalue weighted by molar-refractivity contribution is -0.139. The highest BCUT2D eigenvalue weighted by Crippen LogP contribution is 2.25. The van der Waals surface area contributed by atoms with Crippen molar-refractivity contribution in [2.24, 2.45) is 0 Å². The second-order valence-electron chi connectivity index (χ2n) is 9.40. The van der Waals surface area contributed by atoms with Crippen molar-refractivity contribution in [2.75, 3.05) is 5.32 Å². The molecule has 37 heavy (non-hydrogen) atoms. The third-order valence-electron chi connectivity index (χ3n) is 6.52. The summed E-state index contributed by atoms with van der Waals surface area (Å²) < 4.78 is 0. The fraction of sp³-hybridized carbons (Fsp3) is 0.200. The summed E-state index contributed by atoms with van der Waals surface area (Å²) in [6, 6.07) is 17.6. The van der Waals surface area contributed by atoms with Crippen LogP contribution in [-0.4, -0.2) is 23.0 Å². The van der Waals surface area contributed by atoms with Crippen LogP contribution in [-0.2, 0) is 11.2 Å². The van der Waals surface area contributed by atoms with Crippen LogP contribution in [0.4, 0.5) is 11.4 Å². The first kappa shape index (κ1) is 25.6. The van der Waals surface area contributed by atoms with Crippen LogP contribution >= 0.6 is 0 Å². The standard InChI is InChI=1S/C30H28N2O5/c1-16-12-17(2)25(18(3)13-16)29(35)32-24(30(36)37)14-20-8-10-21(11-9-20)22-6-5-7-23(15-22)31-26-19(4)27(33)28(26)34/h5-13,15,24,31H,14H2,1-4H3,(H,32,35)(H,36,37). The van der Waals surface area contributed by atoms with Gasteiger partial charge in [0, 0.05) is 23.2 Å². The fourth-order valence-corrected chi connectivity index (χ4v) is 4.61. The van der Waals surface area contributed by atoms with E-state index in [1.165, 1.54) is 0 Å². The van der Waals surface area contributed by atoms with E-state index in [4.69, 9.17) is 0 Å². The van der Waals surface area contributed by atoms with E-state index >= 15 is 0 Å². The molecule has 0 aliphatic carbocycles. The van der Waals surface area contributed by atoms with Gasteiger partial charge in [-0.25, -0.2) is 4.79 Å². The van der Waals surface area contributed by atoms with Gasteiger partial charge in [0.15, 0.2) is 0 Å². The SMILES string of the molecule is Cc1cc(C)c(C(=O)NC(Cc2ccc(-c3cccc(Nc4c(C)c(=O)c4=O)c3)cc2)C(=O)O)c(C)c1. The van der Waals surface area contributed by atoms with Crippen LogP contribution in [0.25, 0.3) is 11.1 Å². The Morgan fingerprint density at radius 3 is 2.08 bits per heavy atom. The minimum absolute atomic E-state index is 0.135. The molecule has 188 valence electrons. The molecule has 0 heterocycles. The Kier molecular flexibility index (Phi) is 7.07. The smallest absolute Gasteiger partial charge is 0.326 e. The molecule has 4 aromatic rings. The number of aryl methyl sites for hydroxylation is 3. The number of rotatable bonds is 8. The summed E-state index contributed by atoms with van der Waals surface area (Å²) in [4.78, 5) is 48.1. The van der Waals surface area contributed by atoms with Gasteiger partial charge in [0.2, 0.25) is 10.9 Å². The van der Waals surface area contributed by atoms with E-state index in [1.54, 1.807) is 6.92 Å². The van der Waals surface area contributed by atoms with E-state index in [0.29, 0.717) is 22.5 Å². The second-order valence-corrected chi connectivity index (χ2v) is 9.40. The van der Waals surface area contributed by atoms with Gasteiger partial charge in [-0.2, -0.15) is 0 Å². The molecule has 4 rings (SSSR count). The van der Waals surface area contributed by atoms with Gasteiger partial charge in [-0.05, 0) is 67.6 Å². The lowest BCUT2D eigenvalue weighted by Crippen LogP contribution is -2.42. The number of hydrogen-bond acceptors (Lipinski definition) is 5. The maximum Gasteiger partial charge on any atom is 0.326 e. The fourth-order valence-electron chi connectivity index (χ4n) is 4.61. The van der Waals surface area contributed by atoms with E-state index < -0.39 is 28.8 Å². The van der Waals surface area contributed by atoms with Gasteiger partial charge in [0.1, 0.15) is 6.04 Å². The monoisotopic (exact) mass is 496 g/mol. The molecular formula is C30H28N2O5. The predicted molar refractivity (Wildman–Crippen MR) is 144 cm³/mol. The van der Waals surface area contributed by atoms with Crippen molar-refractivity contribution in [2.45, 2.75) is 40.2 Å². The summed E-state index contributed by atoms with van der Waals surface area (Å²) in [5.41, 5.74) is 6.16. The first-order valence-electron chi connectivity index (χ1n) is 11.9. The molecule has 0 spiro atoms. The normalized spacial score (nSPS) is 11.8. The average Bonchev–Trinajstić information content (AvgIpc) is 2.86. The van der Waals surface area contributed by atoms with E-state index in [0.717, 1.165) is 33.4 Å². The lowest BCUT2D eigenvalue weighted by atomic mass is 9.97. The summed E-state index contributed by atoms with van der Waals surface area (Å²) in [6.45, 7) is 7.25. The quantitative estimate of drug-likeness (QED) is 0.313. The molecule has 0 saturated carbocycles. The second kappa shape index (κ2) is 10.2. The van der Waals surface area contributed by atoms with Gasteiger partial charge in [-0.3, -0.25) is 14.4 Å². The molecule has 7 heteroatoms. The number of carbonyl (C=O) groups excluding carboxylic acids is 1. The number of carboxylic acids is 1. The number of nitrogens with one attached hydrogen (secondary N) is 2. The number of hydrogen-bond donors (Lipinski definition) is 3. The van der Waals surface area contributed by atoms with Crippen molar-refractivity contribution >= 4 is 23.3 Å². The van der Waals surface area contributed by atoms with Crippen LogP contribution in [0.5, 0.6) is 0 Å². The molecular weight excluding hydrogens is 468 g/mol. The molecule has 1 atom stereocenters. The Morgan fingerprint density at radius 2 is 1.49 bits per heavy atom. The van der Waals surface area contributed by atoms with E-state index in [9.17, 15) is 24.3 Å². The van der Waals surface area contributed by atoms with Crippen LogP contribution in [0, 0.1) is 27.7 Å². The van der Waals surface area contributed by atoms with Crippen LogP contribution in [0.2, 0.25) is 0 Å². The first-order valence-corrected chi connectivity index (χ1v) is 11.9. The first-order chi connectivity index (χ1) is 17.5. The third-order valence-corrected chi connectivity index (χ3v) is 6.52. The van der Waals surface area contributed by atoms with Crippen molar-refractivity contribution < 1.29 is 14.7 Å². The van der Waals surface area contributed by atoms with Gasteiger partial charge in [0.25, 0.3) is 5.91 Å². The molecule has 4 aromatic carbocycles. The Hall–Kier alpha value is -4.52. The largest absolute Gasteiger partial charge is 0.480 e. The predicted octanol–water partition coefficient (Wildman–Crippen LogP) is 4.35. The molecule has 7 nitrogen and oxygen atoms in total. The topological polar surface area (TPSA) is 113 Å². The lowest BCUT2D eigenvalue weighted by Gasteiger charge is -2.17. The minimum atomic E-state index is -1.10. The van der Waals surface area contributed by atoms with Crippen molar-refractivity contribution in [3.05, 3.63) is 114 Å². The molecule has 0 aromatic heterocycles. The van der Waals surface area contributed by atoms with Crippen molar-refractivity contribution in [3.63, 3.8) is 0 Å². The number of carboxylic acid groups (broad SMARTS) is 1. The van der Waals surface area contributed by atoms with Gasteiger partial charge in [0.05, 0.1) is 5.69 Å². The number of amides is 1. The van der Waals surface area contributed by atoms with E-state index in [-0.39, 0.29) is 6.42 Å². The maximum atomic E-state index is 12.9. The molecule has 1 amide bonds. The van der Waals surface area contributed by atoms with Gasteiger partial charge >= 0.3 is 5.97 Å². The highest BCUT2D eigenvalue weighted by Gasteiger charge is 2.23. The molecule has 0 aliphatic heterocycles.